The molecule has 3 rings (SSSR count). The molecule has 1 amide bonds. The standard InChI is InChI=1S/C27H28N2O7/c1-17-9-10-18(2)22(11-17)35-16-25(30)29-28-15-19-7-6-8-21(12-19)36-27(31)20-13-23(32-3)26(34-5)24(14-20)33-4/h6-15H,16H2,1-5H3,(H,29,30). The highest BCUT2D eigenvalue weighted by molar-refractivity contribution is 5.93. The van der Waals surface area contributed by atoms with Crippen molar-refractivity contribution in [2.45, 2.75) is 13.8 Å². The number of esters is 1. The largest absolute Gasteiger partial charge is 0.493 e. The van der Waals surface area contributed by atoms with E-state index in [9.17, 15) is 9.59 Å². The van der Waals surface area contributed by atoms with Crippen molar-refractivity contribution in [3.8, 4) is 28.7 Å². The number of aryl methyl sites for hydroxylation is 2. The molecule has 0 atom stereocenters. The van der Waals surface area contributed by atoms with Crippen LogP contribution < -0.4 is 29.1 Å². The zero-order valence-corrected chi connectivity index (χ0v) is 20.8. The van der Waals surface area contributed by atoms with Crippen LogP contribution in [0.25, 0.3) is 0 Å². The number of nitrogens with one attached hydrogen (secondary N) is 1. The van der Waals surface area contributed by atoms with E-state index in [0.717, 1.165) is 11.1 Å². The first kappa shape index (κ1) is 26.1. The van der Waals surface area contributed by atoms with E-state index in [-0.39, 0.29) is 12.2 Å². The zero-order valence-electron chi connectivity index (χ0n) is 20.8. The summed E-state index contributed by atoms with van der Waals surface area (Å²) in [6.45, 7) is 3.69. The second-order valence-electron chi connectivity index (χ2n) is 7.73. The molecular formula is C27H28N2O7. The minimum absolute atomic E-state index is 0.173. The van der Waals surface area contributed by atoms with Crippen LogP contribution >= 0.6 is 0 Å². The van der Waals surface area contributed by atoms with Gasteiger partial charge in [-0.2, -0.15) is 5.10 Å². The summed E-state index contributed by atoms with van der Waals surface area (Å²) in [4.78, 5) is 24.8. The van der Waals surface area contributed by atoms with Crippen LogP contribution in [0.5, 0.6) is 28.7 Å². The van der Waals surface area contributed by atoms with Crippen LogP contribution in [0.2, 0.25) is 0 Å². The van der Waals surface area contributed by atoms with Crippen LogP contribution in [-0.2, 0) is 4.79 Å². The first-order valence-electron chi connectivity index (χ1n) is 11.0. The Morgan fingerprint density at radius 3 is 2.28 bits per heavy atom. The monoisotopic (exact) mass is 492 g/mol. The minimum atomic E-state index is -0.611. The molecule has 0 saturated heterocycles. The van der Waals surface area contributed by atoms with Crippen LogP contribution in [0.15, 0.2) is 59.7 Å². The molecule has 3 aromatic carbocycles. The second-order valence-corrected chi connectivity index (χ2v) is 7.73. The smallest absolute Gasteiger partial charge is 0.343 e. The zero-order chi connectivity index (χ0) is 26.1. The summed E-state index contributed by atoms with van der Waals surface area (Å²) in [7, 11) is 4.40. The molecule has 0 bridgehead atoms. The van der Waals surface area contributed by atoms with Crippen molar-refractivity contribution in [2.24, 2.45) is 5.10 Å². The maximum atomic E-state index is 12.7. The van der Waals surface area contributed by atoms with Gasteiger partial charge in [-0.15, -0.1) is 0 Å². The third kappa shape index (κ3) is 6.75. The molecule has 0 spiro atoms. The van der Waals surface area contributed by atoms with E-state index in [0.29, 0.717) is 34.3 Å². The highest BCUT2D eigenvalue weighted by Gasteiger charge is 2.18. The van der Waals surface area contributed by atoms with Gasteiger partial charge in [-0.25, -0.2) is 10.2 Å². The predicted octanol–water partition coefficient (Wildman–Crippen LogP) is 4.08. The maximum Gasteiger partial charge on any atom is 0.343 e. The number of carbonyl (C=O) groups excluding carboxylic acids is 2. The number of nitrogens with zero attached hydrogens (tertiary/aromatic N) is 1. The van der Waals surface area contributed by atoms with E-state index < -0.39 is 11.9 Å². The number of methoxy groups -OCH3 is 3. The fourth-order valence-electron chi connectivity index (χ4n) is 3.24. The fraction of sp³-hybridized carbons (Fsp3) is 0.222. The molecule has 188 valence electrons. The Labute approximate surface area is 209 Å². The molecule has 0 aliphatic heterocycles. The lowest BCUT2D eigenvalue weighted by molar-refractivity contribution is -0.123. The second kappa shape index (κ2) is 12.3. The summed E-state index contributed by atoms with van der Waals surface area (Å²) < 4.78 is 26.9. The Balaban J connectivity index is 1.60. The lowest BCUT2D eigenvalue weighted by atomic mass is 10.1. The number of benzene rings is 3. The minimum Gasteiger partial charge on any atom is -0.493 e. The highest BCUT2D eigenvalue weighted by atomic mass is 16.5. The molecule has 9 heteroatoms. The summed E-state index contributed by atoms with van der Waals surface area (Å²) in [5.74, 6) is 0.968. The molecule has 0 saturated carbocycles. The molecule has 0 aromatic heterocycles. The molecule has 0 heterocycles. The van der Waals surface area contributed by atoms with E-state index in [2.05, 4.69) is 10.5 Å². The van der Waals surface area contributed by atoms with Crippen LogP contribution in [-0.4, -0.2) is 46.0 Å². The van der Waals surface area contributed by atoms with Crippen molar-refractivity contribution in [1.82, 2.24) is 5.43 Å². The van der Waals surface area contributed by atoms with E-state index in [4.69, 9.17) is 23.7 Å². The normalized spacial score (nSPS) is 10.6. The van der Waals surface area contributed by atoms with Gasteiger partial charge in [-0.3, -0.25) is 4.79 Å². The van der Waals surface area contributed by atoms with Gasteiger partial charge in [0.05, 0.1) is 33.1 Å². The van der Waals surface area contributed by atoms with Gasteiger partial charge in [-0.1, -0.05) is 24.3 Å². The quantitative estimate of drug-likeness (QED) is 0.197. The van der Waals surface area contributed by atoms with Crippen molar-refractivity contribution in [3.05, 3.63) is 76.9 Å². The molecule has 0 fully saturated rings. The number of hydrogen-bond donors (Lipinski definition) is 1. The molecule has 36 heavy (non-hydrogen) atoms. The van der Waals surface area contributed by atoms with Crippen LogP contribution in [0.4, 0.5) is 0 Å². The van der Waals surface area contributed by atoms with E-state index in [1.54, 1.807) is 24.3 Å². The first-order valence-corrected chi connectivity index (χ1v) is 11.0. The van der Waals surface area contributed by atoms with Gasteiger partial charge in [0.25, 0.3) is 5.91 Å². The Morgan fingerprint density at radius 2 is 1.61 bits per heavy atom. The van der Waals surface area contributed by atoms with Crippen molar-refractivity contribution in [3.63, 3.8) is 0 Å². The number of ether oxygens (including phenoxy) is 5. The Bertz CT molecular complexity index is 1250. The van der Waals surface area contributed by atoms with Crippen LogP contribution in [0, 0.1) is 13.8 Å². The van der Waals surface area contributed by atoms with Gasteiger partial charge in [0.1, 0.15) is 11.5 Å². The number of amides is 1. The Hall–Kier alpha value is -4.53. The summed E-state index contributed by atoms with van der Waals surface area (Å²) in [5.41, 5.74) is 5.23. The lowest BCUT2D eigenvalue weighted by Crippen LogP contribution is -2.24. The number of hydrogen-bond acceptors (Lipinski definition) is 8. The molecule has 0 aliphatic carbocycles. The molecule has 9 nitrogen and oxygen atoms in total. The third-order valence-electron chi connectivity index (χ3n) is 5.07. The topological polar surface area (TPSA) is 105 Å². The maximum absolute atomic E-state index is 12.7. The van der Waals surface area contributed by atoms with E-state index in [1.807, 2.05) is 32.0 Å². The Kier molecular flexibility index (Phi) is 8.88. The fourth-order valence-corrected chi connectivity index (χ4v) is 3.24. The molecule has 0 radical (unpaired) electrons. The van der Waals surface area contributed by atoms with Crippen molar-refractivity contribution < 1.29 is 33.3 Å². The number of hydrazone groups is 1. The van der Waals surface area contributed by atoms with E-state index in [1.165, 1.54) is 39.7 Å². The number of rotatable bonds is 10. The highest BCUT2D eigenvalue weighted by Crippen LogP contribution is 2.38. The average molecular weight is 493 g/mol. The summed E-state index contributed by atoms with van der Waals surface area (Å²) in [5, 5.41) is 3.94. The SMILES string of the molecule is COc1cc(C(=O)Oc2cccc(C=NNC(=O)COc3cc(C)ccc3C)c2)cc(OC)c1OC. The molecule has 0 aliphatic rings. The van der Waals surface area contributed by atoms with Gasteiger partial charge in [0, 0.05) is 0 Å². The molecule has 3 aromatic rings. The van der Waals surface area contributed by atoms with Gasteiger partial charge in [-0.05, 0) is 60.9 Å². The van der Waals surface area contributed by atoms with Crippen molar-refractivity contribution in [2.75, 3.05) is 27.9 Å². The molecule has 0 unspecified atom stereocenters. The number of carbonyl (C=O) groups is 2. The van der Waals surface area contributed by atoms with Crippen molar-refractivity contribution >= 4 is 18.1 Å². The average Bonchev–Trinajstić information content (AvgIpc) is 2.88. The first-order chi connectivity index (χ1) is 17.3. The lowest BCUT2D eigenvalue weighted by Gasteiger charge is -2.13. The Morgan fingerprint density at radius 1 is 0.889 bits per heavy atom. The van der Waals surface area contributed by atoms with Crippen molar-refractivity contribution in [1.29, 1.82) is 0 Å². The van der Waals surface area contributed by atoms with E-state index >= 15 is 0 Å². The third-order valence-corrected chi connectivity index (χ3v) is 5.07. The van der Waals surface area contributed by atoms with Crippen LogP contribution in [0.1, 0.15) is 27.0 Å². The van der Waals surface area contributed by atoms with Gasteiger partial charge < -0.3 is 23.7 Å². The predicted molar refractivity (Wildman–Crippen MR) is 135 cm³/mol. The summed E-state index contributed by atoms with van der Waals surface area (Å²) in [6, 6.07) is 15.5. The van der Waals surface area contributed by atoms with Gasteiger partial charge >= 0.3 is 5.97 Å². The molecular weight excluding hydrogens is 464 g/mol. The molecule has 1 N–H and O–H groups in total. The van der Waals surface area contributed by atoms with Gasteiger partial charge in [0.2, 0.25) is 5.75 Å². The summed E-state index contributed by atoms with van der Waals surface area (Å²) in [6.07, 6.45) is 1.44. The van der Waals surface area contributed by atoms with Crippen LogP contribution in [0.3, 0.4) is 0 Å². The van der Waals surface area contributed by atoms with Gasteiger partial charge in [0.15, 0.2) is 18.1 Å². The summed E-state index contributed by atoms with van der Waals surface area (Å²) >= 11 is 0.